The monoisotopic (exact) mass is 252 g/mol. The van der Waals surface area contributed by atoms with Crippen LogP contribution in [-0.4, -0.2) is 23.4 Å². The van der Waals surface area contributed by atoms with Gasteiger partial charge in [-0.25, -0.2) is 0 Å². The van der Waals surface area contributed by atoms with Gasteiger partial charge in [-0.2, -0.15) is 0 Å². The van der Waals surface area contributed by atoms with E-state index in [1.807, 2.05) is 19.1 Å². The molecule has 0 saturated heterocycles. The highest BCUT2D eigenvalue weighted by molar-refractivity contribution is 5.04. The summed E-state index contributed by atoms with van der Waals surface area (Å²) in [7, 11) is 0. The largest absolute Gasteiger partial charge is 0.469 e. The van der Waals surface area contributed by atoms with Crippen molar-refractivity contribution in [1.29, 1.82) is 0 Å². The Morgan fingerprint density at radius 2 is 2.44 bits per heavy atom. The fourth-order valence-electron chi connectivity index (χ4n) is 3.17. The minimum Gasteiger partial charge on any atom is -0.469 e. The van der Waals surface area contributed by atoms with Crippen LogP contribution < -0.4 is 0 Å². The van der Waals surface area contributed by atoms with Crippen molar-refractivity contribution in [2.75, 3.05) is 6.61 Å². The molecule has 1 heterocycles. The second-order valence-corrected chi connectivity index (χ2v) is 5.50. The van der Waals surface area contributed by atoms with Crippen LogP contribution in [0.2, 0.25) is 0 Å². The van der Waals surface area contributed by atoms with Crippen LogP contribution in [0.25, 0.3) is 0 Å². The zero-order valence-electron chi connectivity index (χ0n) is 11.4. The highest BCUT2D eigenvalue weighted by Gasteiger charge is 2.42. The molecular weight excluding hydrogens is 228 g/mol. The Hall–Kier alpha value is -0.800. The fourth-order valence-corrected chi connectivity index (χ4v) is 3.17. The van der Waals surface area contributed by atoms with E-state index in [1.165, 1.54) is 6.42 Å². The van der Waals surface area contributed by atoms with Gasteiger partial charge in [-0.1, -0.05) is 19.8 Å². The molecule has 1 N–H and O–H groups in total. The summed E-state index contributed by atoms with van der Waals surface area (Å²) in [5.41, 5.74) is -0.376. The van der Waals surface area contributed by atoms with Crippen LogP contribution in [0, 0.1) is 5.92 Å². The Balaban J connectivity index is 2.08. The molecule has 3 atom stereocenters. The Morgan fingerprint density at radius 1 is 1.61 bits per heavy atom. The van der Waals surface area contributed by atoms with Crippen LogP contribution in [0.3, 0.4) is 0 Å². The van der Waals surface area contributed by atoms with Crippen LogP contribution in [0.5, 0.6) is 0 Å². The maximum Gasteiger partial charge on any atom is 0.106 e. The van der Waals surface area contributed by atoms with Crippen LogP contribution in [0.4, 0.5) is 0 Å². The molecule has 1 saturated carbocycles. The first kappa shape index (κ1) is 13.6. The lowest BCUT2D eigenvalue weighted by Gasteiger charge is -2.43. The van der Waals surface area contributed by atoms with E-state index in [-0.39, 0.29) is 5.60 Å². The van der Waals surface area contributed by atoms with Gasteiger partial charge < -0.3 is 14.3 Å². The van der Waals surface area contributed by atoms with Gasteiger partial charge in [0.1, 0.15) is 5.76 Å². The third kappa shape index (κ3) is 2.96. The topological polar surface area (TPSA) is 42.6 Å². The zero-order valence-corrected chi connectivity index (χ0v) is 11.4. The summed E-state index contributed by atoms with van der Waals surface area (Å²) in [5, 5.41) is 10.6. The number of hydrogen-bond acceptors (Lipinski definition) is 3. The van der Waals surface area contributed by atoms with Gasteiger partial charge in [0.05, 0.1) is 18.0 Å². The highest BCUT2D eigenvalue weighted by atomic mass is 16.5. The number of aliphatic hydroxyl groups excluding tert-OH is 1. The molecule has 1 aliphatic carbocycles. The van der Waals surface area contributed by atoms with Crippen molar-refractivity contribution in [3.63, 3.8) is 0 Å². The van der Waals surface area contributed by atoms with Gasteiger partial charge >= 0.3 is 0 Å². The molecule has 0 radical (unpaired) electrons. The van der Waals surface area contributed by atoms with Gasteiger partial charge in [-0.3, -0.25) is 0 Å². The van der Waals surface area contributed by atoms with Crippen LogP contribution in [-0.2, 0) is 11.2 Å². The molecule has 3 nitrogen and oxygen atoms in total. The van der Waals surface area contributed by atoms with Gasteiger partial charge in [0.2, 0.25) is 0 Å². The predicted molar refractivity (Wildman–Crippen MR) is 70.4 cm³/mol. The van der Waals surface area contributed by atoms with Crippen molar-refractivity contribution in [3.05, 3.63) is 24.2 Å². The minimum atomic E-state index is -0.480. The summed E-state index contributed by atoms with van der Waals surface area (Å²) in [5.74, 6) is 1.45. The molecule has 1 aromatic heterocycles. The lowest BCUT2D eigenvalue weighted by atomic mass is 9.74. The Morgan fingerprint density at radius 3 is 3.06 bits per heavy atom. The molecular formula is C15H24O3. The van der Waals surface area contributed by atoms with E-state index in [2.05, 4.69) is 6.92 Å². The van der Waals surface area contributed by atoms with E-state index >= 15 is 0 Å². The lowest BCUT2D eigenvalue weighted by Crippen LogP contribution is -2.49. The smallest absolute Gasteiger partial charge is 0.106 e. The molecule has 102 valence electrons. The van der Waals surface area contributed by atoms with E-state index in [9.17, 15) is 5.11 Å². The molecule has 2 rings (SSSR count). The Kier molecular flexibility index (Phi) is 4.46. The van der Waals surface area contributed by atoms with Crippen molar-refractivity contribution >= 4 is 0 Å². The van der Waals surface area contributed by atoms with Gasteiger partial charge in [0, 0.05) is 13.0 Å². The van der Waals surface area contributed by atoms with Crippen molar-refractivity contribution in [2.24, 2.45) is 5.92 Å². The van der Waals surface area contributed by atoms with Gasteiger partial charge in [-0.05, 0) is 37.8 Å². The first-order valence-corrected chi connectivity index (χ1v) is 7.00. The molecule has 0 spiro atoms. The summed E-state index contributed by atoms with van der Waals surface area (Å²) in [4.78, 5) is 0. The summed E-state index contributed by atoms with van der Waals surface area (Å²) in [6.07, 6.45) is 5.99. The molecule has 1 fully saturated rings. The number of hydrogen-bond donors (Lipinski definition) is 1. The molecule has 1 aromatic rings. The normalized spacial score (nSPS) is 30.3. The standard InChI is InChI=1S/C15H24O3/c1-3-18-15(8-4-6-12(2)11-15)14(16)10-13-7-5-9-17-13/h5,7,9,12,14,16H,3-4,6,8,10-11H2,1-2H3. The molecule has 0 amide bonds. The molecule has 0 aliphatic heterocycles. The summed E-state index contributed by atoms with van der Waals surface area (Å²) >= 11 is 0. The van der Waals surface area contributed by atoms with Crippen LogP contribution >= 0.6 is 0 Å². The third-order valence-electron chi connectivity index (χ3n) is 4.00. The van der Waals surface area contributed by atoms with Crippen molar-refractivity contribution in [1.82, 2.24) is 0 Å². The van der Waals surface area contributed by atoms with Crippen molar-refractivity contribution in [2.45, 2.75) is 57.7 Å². The van der Waals surface area contributed by atoms with E-state index in [1.54, 1.807) is 6.26 Å². The summed E-state index contributed by atoms with van der Waals surface area (Å²) in [6.45, 7) is 4.90. The third-order valence-corrected chi connectivity index (χ3v) is 4.00. The summed E-state index contributed by atoms with van der Waals surface area (Å²) < 4.78 is 11.3. The van der Waals surface area contributed by atoms with Gasteiger partial charge in [0.25, 0.3) is 0 Å². The molecule has 0 aromatic carbocycles. The fraction of sp³-hybridized carbons (Fsp3) is 0.733. The zero-order chi connectivity index (χ0) is 13.0. The van der Waals surface area contributed by atoms with E-state index < -0.39 is 6.10 Å². The first-order chi connectivity index (χ1) is 8.66. The van der Waals surface area contributed by atoms with Crippen LogP contribution in [0.1, 0.15) is 45.3 Å². The number of aliphatic hydroxyl groups is 1. The average molecular weight is 252 g/mol. The SMILES string of the molecule is CCOC1(C(O)Cc2ccco2)CCCC(C)C1. The molecule has 18 heavy (non-hydrogen) atoms. The molecule has 0 bridgehead atoms. The second-order valence-electron chi connectivity index (χ2n) is 5.50. The minimum absolute atomic E-state index is 0.376. The first-order valence-electron chi connectivity index (χ1n) is 7.00. The lowest BCUT2D eigenvalue weighted by molar-refractivity contribution is -0.147. The molecule has 3 unspecified atom stereocenters. The van der Waals surface area contributed by atoms with E-state index in [0.717, 1.165) is 25.0 Å². The summed E-state index contributed by atoms with van der Waals surface area (Å²) in [6, 6.07) is 3.77. The van der Waals surface area contributed by atoms with Crippen molar-refractivity contribution < 1.29 is 14.3 Å². The number of ether oxygens (including phenoxy) is 1. The second kappa shape index (κ2) is 5.89. The average Bonchev–Trinajstić information content (AvgIpc) is 2.82. The van der Waals surface area contributed by atoms with Gasteiger partial charge in [0.15, 0.2) is 0 Å². The van der Waals surface area contributed by atoms with Crippen molar-refractivity contribution in [3.8, 4) is 0 Å². The van der Waals surface area contributed by atoms with Gasteiger partial charge in [-0.15, -0.1) is 0 Å². The Labute approximate surface area is 109 Å². The van der Waals surface area contributed by atoms with E-state index in [4.69, 9.17) is 9.15 Å². The number of furan rings is 1. The molecule has 1 aliphatic rings. The maximum atomic E-state index is 10.6. The Bertz CT molecular complexity index is 343. The van der Waals surface area contributed by atoms with E-state index in [0.29, 0.717) is 18.9 Å². The number of rotatable bonds is 5. The predicted octanol–water partition coefficient (Wildman–Crippen LogP) is 3.17. The maximum absolute atomic E-state index is 10.6. The molecule has 3 heteroatoms. The van der Waals surface area contributed by atoms with Crippen LogP contribution in [0.15, 0.2) is 22.8 Å². The quantitative estimate of drug-likeness (QED) is 0.875. The highest BCUT2D eigenvalue weighted by Crippen LogP contribution is 2.38.